The summed E-state index contributed by atoms with van der Waals surface area (Å²) in [5, 5.41) is 3.68. The number of nitrogens with zero attached hydrogens (tertiary/aromatic N) is 1. The lowest BCUT2D eigenvalue weighted by Crippen LogP contribution is -2.28. The zero-order valence-corrected chi connectivity index (χ0v) is 12.4. The summed E-state index contributed by atoms with van der Waals surface area (Å²) < 4.78 is 36.3. The van der Waals surface area contributed by atoms with Crippen LogP contribution in [0.15, 0.2) is 34.9 Å². The van der Waals surface area contributed by atoms with Crippen LogP contribution >= 0.6 is 0 Å². The van der Waals surface area contributed by atoms with E-state index in [1.54, 1.807) is 37.3 Å². The first-order valence-corrected chi connectivity index (χ1v) is 7.98. The Bertz CT molecular complexity index is 697. The van der Waals surface area contributed by atoms with Gasteiger partial charge in [0, 0.05) is 17.8 Å². The van der Waals surface area contributed by atoms with Crippen molar-refractivity contribution in [3.05, 3.63) is 41.8 Å². The summed E-state index contributed by atoms with van der Waals surface area (Å²) >= 11 is 0. The van der Waals surface area contributed by atoms with Gasteiger partial charge in [0.2, 0.25) is 10.0 Å². The van der Waals surface area contributed by atoms with Gasteiger partial charge < -0.3 is 15.0 Å². The number of nitrogen functional groups attached to an aromatic ring is 1. The molecule has 0 spiro atoms. The lowest BCUT2D eigenvalue weighted by atomic mass is 10.3. The van der Waals surface area contributed by atoms with Gasteiger partial charge in [-0.15, -0.1) is 0 Å². The smallest absolute Gasteiger partial charge is 0.215 e. The molecule has 1 heterocycles. The zero-order valence-electron chi connectivity index (χ0n) is 11.6. The van der Waals surface area contributed by atoms with Gasteiger partial charge in [0.15, 0.2) is 5.76 Å². The SMILES string of the molecule is Cc1cc(CNS(=O)(=O)CCOc2cccc(N)c2)on1. The van der Waals surface area contributed by atoms with Crippen LogP contribution in [0.3, 0.4) is 0 Å². The summed E-state index contributed by atoms with van der Waals surface area (Å²) in [6.45, 7) is 1.87. The minimum atomic E-state index is -3.44. The molecule has 0 fully saturated rings. The number of nitrogens with one attached hydrogen (secondary N) is 1. The number of sulfonamides is 1. The zero-order chi connectivity index (χ0) is 15.3. The third-order valence-corrected chi connectivity index (χ3v) is 3.91. The Morgan fingerprint density at radius 1 is 1.38 bits per heavy atom. The highest BCUT2D eigenvalue weighted by Crippen LogP contribution is 2.14. The molecule has 0 aliphatic heterocycles. The van der Waals surface area contributed by atoms with Crippen molar-refractivity contribution < 1.29 is 17.7 Å². The van der Waals surface area contributed by atoms with Gasteiger partial charge in [-0.1, -0.05) is 11.2 Å². The molecule has 2 aromatic rings. The first kappa shape index (κ1) is 15.3. The predicted molar refractivity (Wildman–Crippen MR) is 78.2 cm³/mol. The molecule has 7 nitrogen and oxygen atoms in total. The lowest BCUT2D eigenvalue weighted by molar-refractivity contribution is 0.340. The van der Waals surface area contributed by atoms with Crippen molar-refractivity contribution >= 4 is 15.7 Å². The van der Waals surface area contributed by atoms with Crippen molar-refractivity contribution in [2.45, 2.75) is 13.5 Å². The van der Waals surface area contributed by atoms with Gasteiger partial charge in [0.05, 0.1) is 18.0 Å². The Hall–Kier alpha value is -2.06. The summed E-state index contributed by atoms with van der Waals surface area (Å²) in [7, 11) is -3.44. The third-order valence-electron chi connectivity index (χ3n) is 2.62. The van der Waals surface area contributed by atoms with Crippen LogP contribution in [0.5, 0.6) is 5.75 Å². The summed E-state index contributed by atoms with van der Waals surface area (Å²) in [5.74, 6) is 0.846. The molecule has 3 N–H and O–H groups in total. The molecule has 0 aliphatic carbocycles. The third kappa shape index (κ3) is 5.09. The van der Waals surface area contributed by atoms with Gasteiger partial charge in [-0.3, -0.25) is 0 Å². The van der Waals surface area contributed by atoms with E-state index in [-0.39, 0.29) is 18.9 Å². The van der Waals surface area contributed by atoms with Gasteiger partial charge in [0.25, 0.3) is 0 Å². The molecule has 0 amide bonds. The second kappa shape index (κ2) is 6.59. The Kier molecular flexibility index (Phi) is 4.81. The number of benzene rings is 1. The average molecular weight is 311 g/mol. The number of nitrogens with two attached hydrogens (primary N) is 1. The first-order valence-electron chi connectivity index (χ1n) is 6.32. The Balaban J connectivity index is 1.78. The molecule has 0 atom stereocenters. The van der Waals surface area contributed by atoms with Crippen molar-refractivity contribution in [2.75, 3.05) is 18.1 Å². The molecule has 0 saturated heterocycles. The molecule has 0 aliphatic rings. The van der Waals surface area contributed by atoms with E-state index in [1.165, 1.54) is 0 Å². The molecular weight excluding hydrogens is 294 g/mol. The van der Waals surface area contributed by atoms with Gasteiger partial charge in [-0.25, -0.2) is 13.1 Å². The van der Waals surface area contributed by atoms with Crippen LogP contribution < -0.4 is 15.2 Å². The number of hydrogen-bond donors (Lipinski definition) is 2. The summed E-state index contributed by atoms with van der Waals surface area (Å²) in [5.41, 5.74) is 6.87. The molecular formula is C13H17N3O4S. The number of anilines is 1. The van der Waals surface area contributed by atoms with Crippen LogP contribution in [0.4, 0.5) is 5.69 Å². The fourth-order valence-electron chi connectivity index (χ4n) is 1.63. The van der Waals surface area contributed by atoms with E-state index < -0.39 is 10.0 Å². The van der Waals surface area contributed by atoms with E-state index in [1.807, 2.05) is 0 Å². The van der Waals surface area contributed by atoms with Crippen LogP contribution in [-0.4, -0.2) is 25.9 Å². The van der Waals surface area contributed by atoms with Crippen molar-refractivity contribution in [3.63, 3.8) is 0 Å². The highest BCUT2D eigenvalue weighted by molar-refractivity contribution is 7.89. The van der Waals surface area contributed by atoms with E-state index in [0.29, 0.717) is 22.9 Å². The molecule has 0 unspecified atom stereocenters. The van der Waals surface area contributed by atoms with Gasteiger partial charge in [-0.05, 0) is 19.1 Å². The minimum Gasteiger partial charge on any atom is -0.492 e. The summed E-state index contributed by atoms with van der Waals surface area (Å²) in [6.07, 6.45) is 0. The van der Waals surface area contributed by atoms with E-state index in [9.17, 15) is 8.42 Å². The summed E-state index contributed by atoms with van der Waals surface area (Å²) in [4.78, 5) is 0. The molecule has 8 heteroatoms. The number of ether oxygens (including phenoxy) is 1. The quantitative estimate of drug-likeness (QED) is 0.740. The highest BCUT2D eigenvalue weighted by Gasteiger charge is 2.12. The average Bonchev–Trinajstić information content (AvgIpc) is 2.82. The molecule has 0 saturated carbocycles. The standard InChI is InChI=1S/C13H17N3O4S/c1-10-7-13(20-16-10)9-15-21(17,18)6-5-19-12-4-2-3-11(14)8-12/h2-4,7-8,15H,5-6,9,14H2,1H3. The molecule has 0 bridgehead atoms. The number of aromatic nitrogens is 1. The molecule has 1 aromatic heterocycles. The molecule has 1 aromatic carbocycles. The number of aryl methyl sites for hydroxylation is 1. The van der Waals surface area contributed by atoms with Crippen LogP contribution in [0.25, 0.3) is 0 Å². The molecule has 0 radical (unpaired) electrons. The largest absolute Gasteiger partial charge is 0.492 e. The van der Waals surface area contributed by atoms with Crippen molar-refractivity contribution in [1.29, 1.82) is 0 Å². The minimum absolute atomic E-state index is 0.0359. The van der Waals surface area contributed by atoms with E-state index in [2.05, 4.69) is 9.88 Å². The second-order valence-corrected chi connectivity index (χ2v) is 6.42. The van der Waals surface area contributed by atoms with Crippen molar-refractivity contribution in [1.82, 2.24) is 9.88 Å². The molecule has 2 rings (SSSR count). The fraction of sp³-hybridized carbons (Fsp3) is 0.308. The van der Waals surface area contributed by atoms with E-state index in [0.717, 1.165) is 0 Å². The van der Waals surface area contributed by atoms with Gasteiger partial charge in [0.1, 0.15) is 12.4 Å². The van der Waals surface area contributed by atoms with E-state index in [4.69, 9.17) is 15.0 Å². The number of hydrogen-bond acceptors (Lipinski definition) is 6. The van der Waals surface area contributed by atoms with Crippen LogP contribution in [-0.2, 0) is 16.6 Å². The fourth-order valence-corrected chi connectivity index (χ4v) is 2.44. The van der Waals surface area contributed by atoms with Crippen molar-refractivity contribution in [3.8, 4) is 5.75 Å². The maximum atomic E-state index is 11.8. The van der Waals surface area contributed by atoms with Crippen molar-refractivity contribution in [2.24, 2.45) is 0 Å². The Labute approximate surface area is 123 Å². The Morgan fingerprint density at radius 3 is 2.86 bits per heavy atom. The first-order chi connectivity index (χ1) is 9.94. The van der Waals surface area contributed by atoms with Crippen LogP contribution in [0.2, 0.25) is 0 Å². The van der Waals surface area contributed by atoms with Gasteiger partial charge >= 0.3 is 0 Å². The lowest BCUT2D eigenvalue weighted by Gasteiger charge is -2.08. The summed E-state index contributed by atoms with van der Waals surface area (Å²) in [6, 6.07) is 8.49. The Morgan fingerprint density at radius 2 is 2.19 bits per heavy atom. The monoisotopic (exact) mass is 311 g/mol. The molecule has 114 valence electrons. The topological polar surface area (TPSA) is 107 Å². The van der Waals surface area contributed by atoms with Crippen LogP contribution in [0.1, 0.15) is 11.5 Å². The second-order valence-electron chi connectivity index (χ2n) is 4.50. The van der Waals surface area contributed by atoms with Gasteiger partial charge in [-0.2, -0.15) is 0 Å². The maximum absolute atomic E-state index is 11.8. The van der Waals surface area contributed by atoms with E-state index >= 15 is 0 Å². The number of rotatable bonds is 7. The highest BCUT2D eigenvalue weighted by atomic mass is 32.2. The van der Waals surface area contributed by atoms with Crippen LogP contribution in [0, 0.1) is 6.92 Å². The maximum Gasteiger partial charge on any atom is 0.215 e. The normalized spacial score (nSPS) is 11.5. The predicted octanol–water partition coefficient (Wildman–Crippen LogP) is 1.06. The molecule has 21 heavy (non-hydrogen) atoms.